The zero-order valence-corrected chi connectivity index (χ0v) is 15.4. The minimum atomic E-state index is -0.348. The number of hydrogen-bond donors (Lipinski definition) is 2. The molecule has 1 amide bonds. The minimum absolute atomic E-state index is 0.0267. The number of fused-ring (bicyclic) bond motifs is 1. The van der Waals surface area contributed by atoms with Crippen molar-refractivity contribution in [2.75, 3.05) is 16.9 Å². The number of carbonyl (C=O) groups excluding carboxylic acids is 1. The van der Waals surface area contributed by atoms with Crippen LogP contribution in [0.1, 0.15) is 0 Å². The molecule has 4 aromatic rings. The number of amides is 1. The molecule has 0 aliphatic carbocycles. The molecular formula is C17H13N5O3S2. The summed E-state index contributed by atoms with van der Waals surface area (Å²) in [5.74, 6) is 5.98. The van der Waals surface area contributed by atoms with Crippen molar-refractivity contribution in [1.82, 2.24) is 14.8 Å². The Balaban J connectivity index is 1.61. The van der Waals surface area contributed by atoms with Crippen molar-refractivity contribution < 1.29 is 9.32 Å². The van der Waals surface area contributed by atoms with Gasteiger partial charge in [-0.3, -0.25) is 9.59 Å². The summed E-state index contributed by atoms with van der Waals surface area (Å²) in [5, 5.41) is 8.81. The van der Waals surface area contributed by atoms with E-state index in [0.717, 1.165) is 27.6 Å². The van der Waals surface area contributed by atoms with Gasteiger partial charge in [-0.1, -0.05) is 47.3 Å². The molecule has 3 heterocycles. The van der Waals surface area contributed by atoms with Crippen molar-refractivity contribution >= 4 is 45.0 Å². The Labute approximate surface area is 161 Å². The van der Waals surface area contributed by atoms with E-state index in [2.05, 4.69) is 20.0 Å². The van der Waals surface area contributed by atoms with Crippen LogP contribution in [0.2, 0.25) is 0 Å². The number of nitrogen functional groups attached to an aromatic ring is 1. The number of anilines is 1. The Morgan fingerprint density at radius 3 is 2.85 bits per heavy atom. The Hall–Kier alpha value is -3.11. The second-order valence-electron chi connectivity index (χ2n) is 5.49. The molecule has 8 nitrogen and oxygen atoms in total. The lowest BCUT2D eigenvalue weighted by atomic mass is 10.1. The fourth-order valence-corrected chi connectivity index (χ4v) is 4.21. The maximum atomic E-state index is 12.8. The van der Waals surface area contributed by atoms with Crippen LogP contribution in [0.25, 0.3) is 21.3 Å². The molecule has 0 atom stereocenters. The Morgan fingerprint density at radius 2 is 2.11 bits per heavy atom. The maximum absolute atomic E-state index is 12.8. The molecule has 0 aliphatic rings. The maximum Gasteiger partial charge on any atom is 0.282 e. The van der Waals surface area contributed by atoms with Gasteiger partial charge in [0.15, 0.2) is 11.0 Å². The van der Waals surface area contributed by atoms with E-state index in [0.29, 0.717) is 16.0 Å². The summed E-state index contributed by atoms with van der Waals surface area (Å²) >= 11 is 2.44. The lowest BCUT2D eigenvalue weighted by molar-refractivity contribution is -0.113. The fourth-order valence-electron chi connectivity index (χ4n) is 2.50. The Kier molecular flexibility index (Phi) is 4.65. The van der Waals surface area contributed by atoms with Gasteiger partial charge >= 0.3 is 0 Å². The molecule has 4 rings (SSSR count). The van der Waals surface area contributed by atoms with E-state index in [1.54, 1.807) is 0 Å². The van der Waals surface area contributed by atoms with Gasteiger partial charge in [-0.05, 0) is 5.56 Å². The molecule has 0 radical (unpaired) electrons. The minimum Gasteiger partial charge on any atom is -0.363 e. The summed E-state index contributed by atoms with van der Waals surface area (Å²) in [6, 6.07) is 11.1. The highest BCUT2D eigenvalue weighted by molar-refractivity contribution is 7.99. The van der Waals surface area contributed by atoms with E-state index in [4.69, 9.17) is 5.84 Å². The number of aromatic nitrogens is 3. The largest absolute Gasteiger partial charge is 0.363 e. The summed E-state index contributed by atoms with van der Waals surface area (Å²) in [6.07, 6.45) is 1.36. The van der Waals surface area contributed by atoms with Crippen molar-refractivity contribution in [2.24, 2.45) is 0 Å². The molecular weight excluding hydrogens is 386 g/mol. The predicted molar refractivity (Wildman–Crippen MR) is 105 cm³/mol. The molecule has 0 unspecified atom stereocenters. The van der Waals surface area contributed by atoms with Crippen LogP contribution in [0.4, 0.5) is 5.82 Å². The van der Waals surface area contributed by atoms with Crippen LogP contribution in [0.3, 0.4) is 0 Å². The first kappa shape index (κ1) is 17.3. The van der Waals surface area contributed by atoms with Crippen LogP contribution < -0.4 is 16.7 Å². The number of nitrogens with one attached hydrogen (secondary N) is 1. The average molecular weight is 399 g/mol. The SMILES string of the molecule is Nn1c(SCC(=O)Nc2ccon2)nc2scc(-c3ccccc3)c2c1=O. The highest BCUT2D eigenvalue weighted by atomic mass is 32.2. The lowest BCUT2D eigenvalue weighted by Crippen LogP contribution is -2.30. The normalized spacial score (nSPS) is 11.0. The first-order valence-corrected chi connectivity index (χ1v) is 9.68. The van der Waals surface area contributed by atoms with Crippen molar-refractivity contribution in [3.05, 3.63) is 58.4 Å². The van der Waals surface area contributed by atoms with Gasteiger partial charge in [0.1, 0.15) is 11.1 Å². The number of nitrogens with zero attached hydrogens (tertiary/aromatic N) is 3. The standard InChI is InChI=1S/C17H13N5O3S2/c18-22-16(24)14-11(10-4-2-1-3-5-10)8-26-15(14)20-17(22)27-9-13(23)19-12-6-7-25-21-12/h1-8H,9,18H2,(H,19,21,23). The number of nitrogens with two attached hydrogens (primary N) is 1. The Bertz CT molecular complexity index is 1150. The number of rotatable bonds is 5. The molecule has 3 N–H and O–H groups in total. The van der Waals surface area contributed by atoms with Crippen LogP contribution in [-0.2, 0) is 4.79 Å². The highest BCUT2D eigenvalue weighted by Crippen LogP contribution is 2.31. The third-order valence-electron chi connectivity index (χ3n) is 3.73. The summed E-state index contributed by atoms with van der Waals surface area (Å²) in [4.78, 5) is 29.8. The number of hydrogen-bond acceptors (Lipinski definition) is 8. The van der Waals surface area contributed by atoms with Crippen LogP contribution >= 0.6 is 23.1 Å². The van der Waals surface area contributed by atoms with E-state index in [9.17, 15) is 9.59 Å². The summed E-state index contributed by atoms with van der Waals surface area (Å²) in [7, 11) is 0. The smallest absolute Gasteiger partial charge is 0.282 e. The molecule has 0 bridgehead atoms. The van der Waals surface area contributed by atoms with E-state index in [-0.39, 0.29) is 22.4 Å². The number of thioether (sulfide) groups is 1. The monoisotopic (exact) mass is 399 g/mol. The van der Waals surface area contributed by atoms with E-state index < -0.39 is 0 Å². The molecule has 10 heteroatoms. The van der Waals surface area contributed by atoms with Gasteiger partial charge in [0, 0.05) is 17.0 Å². The third kappa shape index (κ3) is 3.44. The molecule has 0 saturated heterocycles. The van der Waals surface area contributed by atoms with Gasteiger partial charge in [0.25, 0.3) is 5.56 Å². The van der Waals surface area contributed by atoms with Gasteiger partial charge in [-0.2, -0.15) is 0 Å². The van der Waals surface area contributed by atoms with Gasteiger partial charge in [0.05, 0.1) is 11.1 Å². The highest BCUT2D eigenvalue weighted by Gasteiger charge is 2.17. The molecule has 1 aromatic carbocycles. The first-order chi connectivity index (χ1) is 13.1. The molecule has 0 aliphatic heterocycles. The second-order valence-corrected chi connectivity index (χ2v) is 7.29. The van der Waals surface area contributed by atoms with Crippen LogP contribution in [-0.4, -0.2) is 26.5 Å². The van der Waals surface area contributed by atoms with Gasteiger partial charge < -0.3 is 15.7 Å². The molecule has 0 fully saturated rings. The summed E-state index contributed by atoms with van der Waals surface area (Å²) < 4.78 is 5.63. The average Bonchev–Trinajstić information content (AvgIpc) is 3.34. The summed E-state index contributed by atoms with van der Waals surface area (Å²) in [6.45, 7) is 0. The second kappa shape index (κ2) is 7.25. The lowest BCUT2D eigenvalue weighted by Gasteiger charge is -2.07. The molecule has 0 spiro atoms. The van der Waals surface area contributed by atoms with Gasteiger partial charge in [-0.15, -0.1) is 11.3 Å². The molecule has 0 saturated carbocycles. The van der Waals surface area contributed by atoms with Crippen molar-refractivity contribution in [1.29, 1.82) is 0 Å². The van der Waals surface area contributed by atoms with Crippen LogP contribution in [0, 0.1) is 0 Å². The van der Waals surface area contributed by atoms with Crippen molar-refractivity contribution in [3.8, 4) is 11.1 Å². The van der Waals surface area contributed by atoms with Gasteiger partial charge in [0.2, 0.25) is 5.91 Å². The van der Waals surface area contributed by atoms with E-state index in [1.165, 1.54) is 23.7 Å². The van der Waals surface area contributed by atoms with Gasteiger partial charge in [-0.25, -0.2) is 9.66 Å². The molecule has 27 heavy (non-hydrogen) atoms. The molecule has 136 valence electrons. The van der Waals surface area contributed by atoms with Crippen molar-refractivity contribution in [3.63, 3.8) is 0 Å². The zero-order chi connectivity index (χ0) is 18.8. The van der Waals surface area contributed by atoms with E-state index >= 15 is 0 Å². The number of benzene rings is 1. The molecule has 3 aromatic heterocycles. The first-order valence-electron chi connectivity index (χ1n) is 7.81. The Morgan fingerprint density at radius 1 is 1.30 bits per heavy atom. The number of thiophene rings is 1. The van der Waals surface area contributed by atoms with E-state index in [1.807, 2.05) is 35.7 Å². The van der Waals surface area contributed by atoms with Crippen LogP contribution in [0.15, 0.2) is 62.5 Å². The summed E-state index contributed by atoms with van der Waals surface area (Å²) in [5.41, 5.74) is 1.38. The predicted octanol–water partition coefficient (Wildman–Crippen LogP) is 2.56. The number of carbonyl (C=O) groups is 1. The van der Waals surface area contributed by atoms with Crippen molar-refractivity contribution in [2.45, 2.75) is 5.16 Å². The topological polar surface area (TPSA) is 116 Å². The fraction of sp³-hybridized carbons (Fsp3) is 0.0588. The van der Waals surface area contributed by atoms with Crippen LogP contribution in [0.5, 0.6) is 0 Å². The zero-order valence-electron chi connectivity index (χ0n) is 13.8. The third-order valence-corrected chi connectivity index (χ3v) is 5.55. The quantitative estimate of drug-likeness (QED) is 0.301.